The van der Waals surface area contributed by atoms with Crippen LogP contribution in [0.3, 0.4) is 0 Å². The van der Waals surface area contributed by atoms with Gasteiger partial charge >= 0.3 is 0 Å². The van der Waals surface area contributed by atoms with Crippen LogP contribution in [0.25, 0.3) is 0 Å². The maximum absolute atomic E-state index is 12.4. The van der Waals surface area contributed by atoms with Gasteiger partial charge in [-0.2, -0.15) is 0 Å². The highest BCUT2D eigenvalue weighted by Crippen LogP contribution is 2.24. The van der Waals surface area contributed by atoms with Gasteiger partial charge in [0.15, 0.2) is 0 Å². The first-order valence-corrected chi connectivity index (χ1v) is 7.39. The van der Waals surface area contributed by atoms with E-state index in [4.69, 9.17) is 11.5 Å². The molecule has 20 heavy (non-hydrogen) atoms. The van der Waals surface area contributed by atoms with Crippen LogP contribution in [0.15, 0.2) is 22.7 Å². The Balaban J connectivity index is 1.97. The van der Waals surface area contributed by atoms with Crippen molar-refractivity contribution in [1.29, 1.82) is 0 Å². The monoisotopic (exact) mass is 339 g/mol. The Morgan fingerprint density at radius 2 is 1.95 bits per heavy atom. The number of primary amides is 1. The summed E-state index contributed by atoms with van der Waals surface area (Å²) >= 11 is 3.33. The number of carbonyl (C=O) groups is 2. The highest BCUT2D eigenvalue weighted by atomic mass is 79.9. The van der Waals surface area contributed by atoms with Gasteiger partial charge in [-0.1, -0.05) is 0 Å². The number of halogens is 1. The fourth-order valence-electron chi connectivity index (χ4n) is 2.47. The number of likely N-dealkylation sites (tertiary alicyclic amines) is 1. The number of benzene rings is 1. The van der Waals surface area contributed by atoms with E-state index in [2.05, 4.69) is 15.9 Å². The summed E-state index contributed by atoms with van der Waals surface area (Å²) in [7, 11) is 0. The van der Waals surface area contributed by atoms with Crippen LogP contribution in [0.4, 0.5) is 5.69 Å². The molecule has 1 aromatic rings. The number of piperidine rings is 1. The molecule has 0 atom stereocenters. The first-order chi connectivity index (χ1) is 9.47. The Morgan fingerprint density at radius 3 is 2.50 bits per heavy atom. The van der Waals surface area contributed by atoms with Gasteiger partial charge in [0, 0.05) is 35.2 Å². The fraction of sp³-hybridized carbons (Fsp3) is 0.429. The van der Waals surface area contributed by atoms with E-state index < -0.39 is 0 Å². The number of carbonyl (C=O) groups excluding carboxylic acids is 2. The molecule has 0 aliphatic carbocycles. The molecule has 0 saturated carbocycles. The Bertz CT molecular complexity index is 525. The quantitative estimate of drug-likeness (QED) is 0.822. The maximum atomic E-state index is 12.4. The van der Waals surface area contributed by atoms with E-state index >= 15 is 0 Å². The molecule has 0 bridgehead atoms. The van der Waals surface area contributed by atoms with E-state index in [0.29, 0.717) is 36.7 Å². The molecular weight excluding hydrogens is 322 g/mol. The standard InChI is InChI=1S/C14H18BrN3O2/c15-11-8-10(1-2-12(11)16)14(20)18-5-3-9(4-6-18)7-13(17)19/h1-2,8-9H,3-7,16H2,(H2,17,19). The van der Waals surface area contributed by atoms with Crippen LogP contribution in [0, 0.1) is 5.92 Å². The van der Waals surface area contributed by atoms with Gasteiger partial charge < -0.3 is 16.4 Å². The molecule has 6 heteroatoms. The average Bonchev–Trinajstić information content (AvgIpc) is 2.41. The second-order valence-corrected chi connectivity index (χ2v) is 6.00. The van der Waals surface area contributed by atoms with Crippen molar-refractivity contribution in [2.45, 2.75) is 19.3 Å². The fourth-order valence-corrected chi connectivity index (χ4v) is 2.85. The minimum absolute atomic E-state index is 0.00299. The van der Waals surface area contributed by atoms with E-state index in [1.54, 1.807) is 18.2 Å². The first kappa shape index (κ1) is 14.8. The normalized spacial score (nSPS) is 16.1. The molecule has 4 N–H and O–H groups in total. The molecule has 0 aromatic heterocycles. The lowest BCUT2D eigenvalue weighted by molar-refractivity contribution is -0.119. The molecule has 0 spiro atoms. The molecular formula is C14H18BrN3O2. The van der Waals surface area contributed by atoms with Crippen LogP contribution in [-0.4, -0.2) is 29.8 Å². The van der Waals surface area contributed by atoms with E-state index in [-0.39, 0.29) is 11.8 Å². The lowest BCUT2D eigenvalue weighted by Crippen LogP contribution is -2.39. The van der Waals surface area contributed by atoms with Crippen molar-refractivity contribution < 1.29 is 9.59 Å². The summed E-state index contributed by atoms with van der Waals surface area (Å²) in [6.07, 6.45) is 2.06. The lowest BCUT2D eigenvalue weighted by atomic mass is 9.93. The Labute approximate surface area is 126 Å². The van der Waals surface area contributed by atoms with Gasteiger partial charge in [-0.15, -0.1) is 0 Å². The summed E-state index contributed by atoms with van der Waals surface area (Å²) in [5, 5.41) is 0. The molecule has 1 aliphatic heterocycles. The average molecular weight is 340 g/mol. The first-order valence-electron chi connectivity index (χ1n) is 6.60. The highest BCUT2D eigenvalue weighted by molar-refractivity contribution is 9.10. The highest BCUT2D eigenvalue weighted by Gasteiger charge is 2.24. The molecule has 0 radical (unpaired) electrons. The third kappa shape index (κ3) is 3.50. The van der Waals surface area contributed by atoms with E-state index in [9.17, 15) is 9.59 Å². The summed E-state index contributed by atoms with van der Waals surface area (Å²) in [5.74, 6) is 0.0372. The predicted molar refractivity (Wildman–Crippen MR) is 81.0 cm³/mol. The summed E-state index contributed by atoms with van der Waals surface area (Å²) in [4.78, 5) is 25.1. The van der Waals surface area contributed by atoms with Crippen molar-refractivity contribution in [2.24, 2.45) is 11.7 Å². The molecule has 1 saturated heterocycles. The number of rotatable bonds is 3. The molecule has 1 fully saturated rings. The summed E-state index contributed by atoms with van der Waals surface area (Å²) in [6.45, 7) is 1.33. The third-order valence-electron chi connectivity index (χ3n) is 3.64. The van der Waals surface area contributed by atoms with Crippen LogP contribution in [0.1, 0.15) is 29.6 Å². The van der Waals surface area contributed by atoms with Crippen LogP contribution in [0.2, 0.25) is 0 Å². The molecule has 2 rings (SSSR count). The number of nitrogens with two attached hydrogens (primary N) is 2. The lowest BCUT2D eigenvalue weighted by Gasteiger charge is -2.31. The van der Waals surface area contributed by atoms with E-state index in [1.807, 2.05) is 4.90 Å². The Hall–Kier alpha value is -1.56. The number of hydrogen-bond donors (Lipinski definition) is 2. The van der Waals surface area contributed by atoms with Crippen molar-refractivity contribution in [2.75, 3.05) is 18.8 Å². The van der Waals surface area contributed by atoms with Gasteiger partial charge in [0.25, 0.3) is 5.91 Å². The minimum atomic E-state index is -0.266. The number of amides is 2. The Morgan fingerprint density at radius 1 is 1.30 bits per heavy atom. The van der Waals surface area contributed by atoms with Gasteiger partial charge in [0.05, 0.1) is 0 Å². The van der Waals surface area contributed by atoms with Crippen LogP contribution >= 0.6 is 15.9 Å². The van der Waals surface area contributed by atoms with Crippen LogP contribution in [-0.2, 0) is 4.79 Å². The third-order valence-corrected chi connectivity index (χ3v) is 4.33. The van der Waals surface area contributed by atoms with Crippen molar-refractivity contribution in [3.05, 3.63) is 28.2 Å². The summed E-state index contributed by atoms with van der Waals surface area (Å²) < 4.78 is 0.729. The van der Waals surface area contributed by atoms with Crippen LogP contribution in [0.5, 0.6) is 0 Å². The zero-order valence-electron chi connectivity index (χ0n) is 11.1. The second-order valence-electron chi connectivity index (χ2n) is 5.14. The van der Waals surface area contributed by atoms with Gasteiger partial charge in [-0.3, -0.25) is 9.59 Å². The molecule has 108 valence electrons. The van der Waals surface area contributed by atoms with Gasteiger partial charge in [0.1, 0.15) is 0 Å². The van der Waals surface area contributed by atoms with Crippen LogP contribution < -0.4 is 11.5 Å². The van der Waals surface area contributed by atoms with Crippen molar-refractivity contribution in [1.82, 2.24) is 4.90 Å². The summed E-state index contributed by atoms with van der Waals surface area (Å²) in [6, 6.07) is 5.20. The molecule has 0 unspecified atom stereocenters. The zero-order chi connectivity index (χ0) is 14.7. The maximum Gasteiger partial charge on any atom is 0.253 e. The molecule has 5 nitrogen and oxygen atoms in total. The largest absolute Gasteiger partial charge is 0.398 e. The topological polar surface area (TPSA) is 89.4 Å². The smallest absolute Gasteiger partial charge is 0.253 e. The second kappa shape index (κ2) is 6.26. The molecule has 1 aromatic carbocycles. The summed E-state index contributed by atoms with van der Waals surface area (Å²) in [5.41, 5.74) is 12.2. The molecule has 1 aliphatic rings. The SMILES string of the molecule is NC(=O)CC1CCN(C(=O)c2ccc(N)c(Br)c2)CC1. The van der Waals surface area contributed by atoms with E-state index in [1.165, 1.54) is 0 Å². The molecule has 1 heterocycles. The number of hydrogen-bond acceptors (Lipinski definition) is 3. The number of anilines is 1. The number of nitrogen functional groups attached to an aromatic ring is 1. The van der Waals surface area contributed by atoms with Crippen molar-refractivity contribution in [3.63, 3.8) is 0 Å². The zero-order valence-corrected chi connectivity index (χ0v) is 12.7. The van der Waals surface area contributed by atoms with Gasteiger partial charge in [-0.25, -0.2) is 0 Å². The van der Waals surface area contributed by atoms with Gasteiger partial charge in [-0.05, 0) is 52.9 Å². The van der Waals surface area contributed by atoms with Gasteiger partial charge in [0.2, 0.25) is 5.91 Å². The predicted octanol–water partition coefficient (Wildman–Crippen LogP) is 1.76. The Kier molecular flexibility index (Phi) is 4.65. The van der Waals surface area contributed by atoms with E-state index in [0.717, 1.165) is 17.3 Å². The minimum Gasteiger partial charge on any atom is -0.398 e. The van der Waals surface area contributed by atoms with Crippen molar-refractivity contribution in [3.8, 4) is 0 Å². The van der Waals surface area contributed by atoms with Crippen molar-refractivity contribution >= 4 is 33.4 Å². The number of nitrogens with zero attached hydrogens (tertiary/aromatic N) is 1. The molecule has 2 amide bonds.